The minimum absolute atomic E-state index is 0.0257. The molecule has 0 unspecified atom stereocenters. The van der Waals surface area contributed by atoms with E-state index in [9.17, 15) is 19.8 Å². The quantitative estimate of drug-likeness (QED) is 0.706. The summed E-state index contributed by atoms with van der Waals surface area (Å²) in [5, 5.41) is 19.1. The molecule has 1 aromatic rings. The van der Waals surface area contributed by atoms with Gasteiger partial charge in [-0.15, -0.1) is 11.8 Å². The van der Waals surface area contributed by atoms with Crippen LogP contribution in [0.2, 0.25) is 0 Å². The average Bonchev–Trinajstić information content (AvgIpc) is 2.62. The van der Waals surface area contributed by atoms with Crippen LogP contribution in [0.15, 0.2) is 24.3 Å². The first-order valence-electron chi connectivity index (χ1n) is 8.74. The van der Waals surface area contributed by atoms with E-state index < -0.39 is 23.1 Å². The smallest absolute Gasteiger partial charge is 0.256 e. The van der Waals surface area contributed by atoms with E-state index in [0.717, 1.165) is 5.56 Å². The topological polar surface area (TPSA) is 90.3 Å². The van der Waals surface area contributed by atoms with Crippen LogP contribution >= 0.6 is 11.8 Å². The van der Waals surface area contributed by atoms with Crippen molar-refractivity contribution in [3.63, 3.8) is 0 Å². The minimum Gasteiger partial charge on any atom is -0.491 e. The molecule has 0 spiro atoms. The Kier molecular flexibility index (Phi) is 6.77. The number of aliphatic hydroxyl groups is 2. The molecule has 1 fully saturated rings. The lowest BCUT2D eigenvalue weighted by Crippen LogP contribution is -2.61. The number of piperazine rings is 1. The second kappa shape index (κ2) is 8.50. The third kappa shape index (κ3) is 4.94. The summed E-state index contributed by atoms with van der Waals surface area (Å²) in [7, 11) is 3.32. The van der Waals surface area contributed by atoms with Gasteiger partial charge in [0.25, 0.3) is 5.91 Å². The van der Waals surface area contributed by atoms with Gasteiger partial charge >= 0.3 is 0 Å². The summed E-state index contributed by atoms with van der Waals surface area (Å²) < 4.78 is 5.49. The van der Waals surface area contributed by atoms with Gasteiger partial charge in [0.05, 0.1) is 5.60 Å². The number of hydrogen-bond acceptors (Lipinski definition) is 6. The van der Waals surface area contributed by atoms with Gasteiger partial charge in [-0.3, -0.25) is 9.59 Å². The number of benzene rings is 1. The number of amides is 2. The van der Waals surface area contributed by atoms with Crippen molar-refractivity contribution in [1.29, 1.82) is 0 Å². The monoisotopic (exact) mass is 396 g/mol. The first kappa shape index (κ1) is 21.5. The second-order valence-electron chi connectivity index (χ2n) is 7.33. The molecule has 7 nitrogen and oxygen atoms in total. The molecule has 1 aromatic carbocycles. The lowest BCUT2D eigenvalue weighted by molar-refractivity contribution is -0.154. The summed E-state index contributed by atoms with van der Waals surface area (Å²) in [6, 6.07) is 6.62. The van der Waals surface area contributed by atoms with E-state index >= 15 is 0 Å². The number of rotatable bonds is 7. The van der Waals surface area contributed by atoms with Gasteiger partial charge < -0.3 is 24.7 Å². The molecule has 8 heteroatoms. The maximum atomic E-state index is 12.6. The van der Waals surface area contributed by atoms with Crippen LogP contribution in [-0.4, -0.2) is 81.9 Å². The van der Waals surface area contributed by atoms with Crippen LogP contribution in [-0.2, 0) is 16.0 Å². The molecule has 1 aliphatic heterocycles. The van der Waals surface area contributed by atoms with Crippen molar-refractivity contribution in [2.75, 3.05) is 27.0 Å². The number of hydrogen-bond donors (Lipinski definition) is 2. The molecule has 27 heavy (non-hydrogen) atoms. The fourth-order valence-electron chi connectivity index (χ4n) is 2.82. The van der Waals surface area contributed by atoms with E-state index in [1.807, 2.05) is 18.4 Å². The average molecular weight is 397 g/mol. The first-order chi connectivity index (χ1) is 12.6. The van der Waals surface area contributed by atoms with Crippen LogP contribution in [0.3, 0.4) is 0 Å². The predicted molar refractivity (Wildman–Crippen MR) is 105 cm³/mol. The van der Waals surface area contributed by atoms with Gasteiger partial charge in [-0.25, -0.2) is 0 Å². The van der Waals surface area contributed by atoms with Gasteiger partial charge in [0.15, 0.2) is 5.37 Å². The molecular weight excluding hydrogens is 368 g/mol. The maximum absolute atomic E-state index is 12.6. The van der Waals surface area contributed by atoms with Gasteiger partial charge in [0.2, 0.25) is 5.91 Å². The predicted octanol–water partition coefficient (Wildman–Crippen LogP) is 0.728. The molecule has 0 radical (unpaired) electrons. The summed E-state index contributed by atoms with van der Waals surface area (Å²) in [5.74, 6) is 0.404. The second-order valence-corrected chi connectivity index (χ2v) is 8.25. The lowest BCUT2D eigenvalue weighted by Gasteiger charge is -2.41. The Bertz CT molecular complexity index is 674. The largest absolute Gasteiger partial charge is 0.491 e. The summed E-state index contributed by atoms with van der Waals surface area (Å²) in [6.45, 7) is 3.01. The SMILES string of the molecule is CS[C@@H]1C(=O)N(C)[C@@H](Cc2ccc(OC[C@@H](O)C(C)(C)O)cc2)C(=O)N1C. The van der Waals surface area contributed by atoms with Crippen molar-refractivity contribution in [1.82, 2.24) is 9.80 Å². The zero-order valence-electron chi connectivity index (χ0n) is 16.4. The van der Waals surface area contributed by atoms with Gasteiger partial charge in [-0.2, -0.15) is 0 Å². The van der Waals surface area contributed by atoms with Crippen molar-refractivity contribution in [3.05, 3.63) is 29.8 Å². The molecule has 150 valence electrons. The molecule has 1 saturated heterocycles. The third-order valence-electron chi connectivity index (χ3n) is 4.81. The van der Waals surface area contributed by atoms with Crippen LogP contribution in [0.5, 0.6) is 5.75 Å². The Balaban J connectivity index is 2.01. The van der Waals surface area contributed by atoms with E-state index in [0.29, 0.717) is 12.2 Å². The number of aliphatic hydroxyl groups excluding tert-OH is 1. The number of ether oxygens (including phenoxy) is 1. The molecule has 0 aromatic heterocycles. The summed E-state index contributed by atoms with van der Waals surface area (Å²) in [6.07, 6.45) is 1.23. The normalized spacial score (nSPS) is 22.2. The van der Waals surface area contributed by atoms with E-state index in [1.54, 1.807) is 26.2 Å². The molecule has 1 heterocycles. The Morgan fingerprint density at radius 1 is 1.15 bits per heavy atom. The highest BCUT2D eigenvalue weighted by molar-refractivity contribution is 7.99. The molecule has 2 rings (SSSR count). The van der Waals surface area contributed by atoms with E-state index in [-0.39, 0.29) is 18.4 Å². The number of likely N-dealkylation sites (N-methyl/N-ethyl adjacent to an activating group) is 2. The molecular formula is C19H28N2O5S. The summed E-state index contributed by atoms with van der Waals surface area (Å²) >= 11 is 1.35. The Morgan fingerprint density at radius 3 is 2.26 bits per heavy atom. The van der Waals surface area contributed by atoms with E-state index in [1.165, 1.54) is 35.4 Å². The zero-order valence-corrected chi connectivity index (χ0v) is 17.2. The highest BCUT2D eigenvalue weighted by atomic mass is 32.2. The van der Waals surface area contributed by atoms with E-state index in [2.05, 4.69) is 0 Å². The fourth-order valence-corrected chi connectivity index (χ4v) is 3.61. The minimum atomic E-state index is -1.24. The van der Waals surface area contributed by atoms with Gasteiger partial charge in [-0.05, 0) is 37.8 Å². The molecule has 2 amide bonds. The highest BCUT2D eigenvalue weighted by Gasteiger charge is 2.42. The molecule has 1 aliphatic rings. The highest BCUT2D eigenvalue weighted by Crippen LogP contribution is 2.25. The van der Waals surface area contributed by atoms with Crippen molar-refractivity contribution >= 4 is 23.6 Å². The Morgan fingerprint density at radius 2 is 1.74 bits per heavy atom. The molecule has 3 atom stereocenters. The van der Waals surface area contributed by atoms with Crippen molar-refractivity contribution in [3.8, 4) is 5.75 Å². The number of carbonyl (C=O) groups is 2. The third-order valence-corrected chi connectivity index (χ3v) is 5.77. The van der Waals surface area contributed by atoms with Crippen LogP contribution in [0.4, 0.5) is 0 Å². The molecule has 0 bridgehead atoms. The zero-order chi connectivity index (χ0) is 20.4. The Hall–Kier alpha value is -1.77. The molecule has 2 N–H and O–H groups in total. The van der Waals surface area contributed by atoms with Crippen LogP contribution in [0.1, 0.15) is 19.4 Å². The molecule has 0 saturated carbocycles. The van der Waals surface area contributed by atoms with E-state index in [4.69, 9.17) is 4.74 Å². The van der Waals surface area contributed by atoms with Gasteiger partial charge in [0.1, 0.15) is 24.5 Å². The summed E-state index contributed by atoms with van der Waals surface area (Å²) in [4.78, 5) is 28.1. The van der Waals surface area contributed by atoms with Crippen molar-refractivity contribution < 1.29 is 24.5 Å². The fraction of sp³-hybridized carbons (Fsp3) is 0.579. The lowest BCUT2D eigenvalue weighted by atomic mass is 10.0. The first-order valence-corrected chi connectivity index (χ1v) is 10.0. The van der Waals surface area contributed by atoms with Gasteiger partial charge in [0, 0.05) is 20.5 Å². The number of thioether (sulfide) groups is 1. The summed E-state index contributed by atoms with van der Waals surface area (Å²) in [5.41, 5.74) is -0.335. The molecule has 0 aliphatic carbocycles. The maximum Gasteiger partial charge on any atom is 0.256 e. The van der Waals surface area contributed by atoms with Crippen molar-refractivity contribution in [2.45, 2.75) is 43.4 Å². The van der Waals surface area contributed by atoms with Crippen LogP contribution in [0.25, 0.3) is 0 Å². The van der Waals surface area contributed by atoms with Crippen molar-refractivity contribution in [2.24, 2.45) is 0 Å². The van der Waals surface area contributed by atoms with Gasteiger partial charge in [-0.1, -0.05) is 12.1 Å². The van der Waals surface area contributed by atoms with Crippen LogP contribution < -0.4 is 4.74 Å². The van der Waals surface area contributed by atoms with Crippen LogP contribution in [0, 0.1) is 0 Å². The Labute approximate surface area is 164 Å². The number of nitrogens with zero attached hydrogens (tertiary/aromatic N) is 2. The standard InChI is InChI=1S/C19H28N2O5S/c1-19(2,25)15(22)11-26-13-8-6-12(7-9-13)10-14-16(23)21(4)18(27-5)17(24)20(14)3/h6-9,14-15,18,22,25H,10-11H2,1-5H3/t14-,15+,18+/m0/s1. The number of carbonyl (C=O) groups excluding carboxylic acids is 2.